The lowest BCUT2D eigenvalue weighted by atomic mass is 9.77. The van der Waals surface area contributed by atoms with E-state index in [0.29, 0.717) is 36.4 Å². The van der Waals surface area contributed by atoms with Crippen molar-refractivity contribution in [1.82, 2.24) is 14.8 Å². The fraction of sp³-hybridized carbons (Fsp3) is 0.600. The molecular formula is C25H35N3O3. The normalized spacial score (nSPS) is 28.5. The minimum atomic E-state index is -0.944. The quantitative estimate of drug-likeness (QED) is 0.729. The molecule has 2 aliphatic rings. The summed E-state index contributed by atoms with van der Waals surface area (Å²) in [6, 6.07) is 7.65. The van der Waals surface area contributed by atoms with Crippen LogP contribution in [0.4, 0.5) is 0 Å². The van der Waals surface area contributed by atoms with Gasteiger partial charge in [-0.2, -0.15) is 0 Å². The maximum absolute atomic E-state index is 13.7. The molecule has 31 heavy (non-hydrogen) atoms. The highest BCUT2D eigenvalue weighted by atomic mass is 16.3. The van der Waals surface area contributed by atoms with Crippen LogP contribution in [0.1, 0.15) is 70.3 Å². The number of furan rings is 1. The second kappa shape index (κ2) is 8.56. The Labute approximate surface area is 185 Å². The first-order valence-electron chi connectivity index (χ1n) is 11.7. The fourth-order valence-corrected chi connectivity index (χ4v) is 5.19. The molecule has 0 saturated heterocycles. The number of nitrogens with one attached hydrogen (secondary N) is 1. The third-order valence-electron chi connectivity index (χ3n) is 7.53. The van der Waals surface area contributed by atoms with Crippen molar-refractivity contribution in [1.29, 1.82) is 0 Å². The van der Waals surface area contributed by atoms with Crippen molar-refractivity contribution in [3.8, 4) is 11.5 Å². The van der Waals surface area contributed by atoms with Crippen molar-refractivity contribution >= 4 is 11.8 Å². The molecule has 1 aliphatic carbocycles. The maximum atomic E-state index is 13.7. The summed E-state index contributed by atoms with van der Waals surface area (Å²) in [6.45, 7) is 9.53. The Balaban J connectivity index is 1.67. The Morgan fingerprint density at radius 3 is 2.71 bits per heavy atom. The molecule has 1 fully saturated rings. The van der Waals surface area contributed by atoms with Crippen LogP contribution in [0.15, 0.2) is 34.9 Å². The maximum Gasteiger partial charge on any atom is 0.271 e. The molecule has 2 aromatic heterocycles. The molecule has 0 radical (unpaired) electrons. The summed E-state index contributed by atoms with van der Waals surface area (Å²) in [7, 11) is 0. The van der Waals surface area contributed by atoms with Gasteiger partial charge in [0.25, 0.3) is 5.91 Å². The molecular weight excluding hydrogens is 390 g/mol. The third kappa shape index (κ3) is 3.81. The van der Waals surface area contributed by atoms with Crippen LogP contribution in [0.5, 0.6) is 0 Å². The van der Waals surface area contributed by atoms with Gasteiger partial charge in [-0.25, -0.2) is 0 Å². The highest BCUT2D eigenvalue weighted by Gasteiger charge is 2.48. The van der Waals surface area contributed by atoms with Crippen LogP contribution >= 0.6 is 0 Å². The van der Waals surface area contributed by atoms with Crippen molar-refractivity contribution in [2.75, 3.05) is 6.54 Å². The number of carbonyl (C=O) groups excluding carboxylic acids is 2. The van der Waals surface area contributed by atoms with Gasteiger partial charge in [0.2, 0.25) is 5.91 Å². The Morgan fingerprint density at radius 2 is 2.00 bits per heavy atom. The molecule has 4 atom stereocenters. The van der Waals surface area contributed by atoms with Gasteiger partial charge in [0.05, 0.1) is 18.5 Å². The zero-order valence-corrected chi connectivity index (χ0v) is 19.2. The number of nitrogens with zero attached hydrogens (tertiary/aromatic N) is 2. The summed E-state index contributed by atoms with van der Waals surface area (Å²) in [5.41, 5.74) is 0.509. The SMILES string of the molecule is CCCCN1C(=O)c2ccc(-c3ccco3)n2C[C@]1(C)C(=O)N[C@@H]1CCC[C@H](C)[C@H]1C. The van der Waals surface area contributed by atoms with Gasteiger partial charge in [0.1, 0.15) is 17.0 Å². The summed E-state index contributed by atoms with van der Waals surface area (Å²) < 4.78 is 7.56. The van der Waals surface area contributed by atoms with Crippen LogP contribution < -0.4 is 5.32 Å². The summed E-state index contributed by atoms with van der Waals surface area (Å²) in [5, 5.41) is 3.34. The second-order valence-corrected chi connectivity index (χ2v) is 9.60. The lowest BCUT2D eigenvalue weighted by molar-refractivity contribution is -0.134. The highest BCUT2D eigenvalue weighted by Crippen LogP contribution is 2.35. The van der Waals surface area contributed by atoms with E-state index in [1.54, 1.807) is 11.2 Å². The first-order valence-corrected chi connectivity index (χ1v) is 11.7. The molecule has 2 amide bonds. The standard InChI is InChI=1S/C25H35N3O3/c1-5-6-14-28-23(29)21-13-12-20(22-11-8-15-31-22)27(21)16-25(28,4)24(30)26-19-10-7-9-17(2)18(19)3/h8,11-13,15,17-19H,5-7,9-10,14,16H2,1-4H3,(H,26,30)/t17-,18+,19+,25+/m0/s1. The topological polar surface area (TPSA) is 67.5 Å². The smallest absolute Gasteiger partial charge is 0.271 e. The first kappa shape index (κ1) is 21.7. The minimum absolute atomic E-state index is 0.0485. The summed E-state index contributed by atoms with van der Waals surface area (Å²) in [4.78, 5) is 29.1. The van der Waals surface area contributed by atoms with E-state index in [1.165, 1.54) is 6.42 Å². The number of hydrogen-bond donors (Lipinski definition) is 1. The van der Waals surface area contributed by atoms with Gasteiger partial charge in [0, 0.05) is 12.6 Å². The number of aromatic nitrogens is 1. The third-order valence-corrected chi connectivity index (χ3v) is 7.53. The molecule has 1 aliphatic heterocycles. The van der Waals surface area contributed by atoms with E-state index in [0.717, 1.165) is 31.4 Å². The molecule has 0 spiro atoms. The Kier molecular flexibility index (Phi) is 6.00. The van der Waals surface area contributed by atoms with Gasteiger partial charge < -0.3 is 19.2 Å². The fourth-order valence-electron chi connectivity index (χ4n) is 5.19. The second-order valence-electron chi connectivity index (χ2n) is 9.60. The summed E-state index contributed by atoms with van der Waals surface area (Å²) >= 11 is 0. The lowest BCUT2D eigenvalue weighted by Crippen LogP contribution is -2.65. The lowest BCUT2D eigenvalue weighted by Gasteiger charge is -2.46. The van der Waals surface area contributed by atoms with E-state index in [1.807, 2.05) is 35.8 Å². The highest BCUT2D eigenvalue weighted by molar-refractivity contribution is 6.00. The van der Waals surface area contributed by atoms with Crippen molar-refractivity contribution in [2.24, 2.45) is 11.8 Å². The van der Waals surface area contributed by atoms with Gasteiger partial charge in [0.15, 0.2) is 0 Å². The zero-order chi connectivity index (χ0) is 22.2. The van der Waals surface area contributed by atoms with E-state index in [4.69, 9.17) is 4.42 Å². The molecule has 4 rings (SSSR count). The van der Waals surface area contributed by atoms with Gasteiger partial charge in [-0.1, -0.05) is 40.0 Å². The molecule has 0 aromatic carbocycles. The van der Waals surface area contributed by atoms with Crippen molar-refractivity contribution in [3.05, 3.63) is 36.2 Å². The van der Waals surface area contributed by atoms with E-state index in [-0.39, 0.29) is 17.9 Å². The predicted molar refractivity (Wildman–Crippen MR) is 121 cm³/mol. The molecule has 0 unspecified atom stereocenters. The van der Waals surface area contributed by atoms with E-state index in [2.05, 4.69) is 26.1 Å². The number of unbranched alkanes of at least 4 members (excludes halogenated alkanes) is 1. The van der Waals surface area contributed by atoms with Crippen molar-refractivity contribution < 1.29 is 14.0 Å². The number of rotatable bonds is 6. The average Bonchev–Trinajstić information content (AvgIpc) is 3.41. The molecule has 2 aromatic rings. The Morgan fingerprint density at radius 1 is 1.23 bits per heavy atom. The molecule has 3 heterocycles. The van der Waals surface area contributed by atoms with Crippen LogP contribution in [-0.2, 0) is 11.3 Å². The molecule has 168 valence electrons. The van der Waals surface area contributed by atoms with E-state index >= 15 is 0 Å². The number of fused-ring (bicyclic) bond motifs is 1. The molecule has 6 heteroatoms. The molecule has 1 N–H and O–H groups in total. The molecule has 6 nitrogen and oxygen atoms in total. The largest absolute Gasteiger partial charge is 0.463 e. The average molecular weight is 426 g/mol. The Bertz CT molecular complexity index is 932. The molecule has 1 saturated carbocycles. The first-order chi connectivity index (χ1) is 14.9. The van der Waals surface area contributed by atoms with Gasteiger partial charge in [-0.05, 0) is 55.9 Å². The number of hydrogen-bond acceptors (Lipinski definition) is 3. The van der Waals surface area contributed by atoms with Crippen LogP contribution in [0.25, 0.3) is 11.5 Å². The van der Waals surface area contributed by atoms with Crippen LogP contribution in [0.3, 0.4) is 0 Å². The van der Waals surface area contributed by atoms with Gasteiger partial charge in [-0.15, -0.1) is 0 Å². The molecule has 0 bridgehead atoms. The predicted octanol–water partition coefficient (Wildman–Crippen LogP) is 4.70. The Hall–Kier alpha value is -2.50. The number of amides is 2. The van der Waals surface area contributed by atoms with E-state index in [9.17, 15) is 9.59 Å². The van der Waals surface area contributed by atoms with Crippen LogP contribution in [0.2, 0.25) is 0 Å². The number of carbonyl (C=O) groups is 2. The van der Waals surface area contributed by atoms with E-state index < -0.39 is 5.54 Å². The van der Waals surface area contributed by atoms with Crippen molar-refractivity contribution in [2.45, 2.75) is 77.9 Å². The van der Waals surface area contributed by atoms with Gasteiger partial charge in [-0.3, -0.25) is 9.59 Å². The summed E-state index contributed by atoms with van der Waals surface area (Å²) in [6.07, 6.45) is 6.82. The minimum Gasteiger partial charge on any atom is -0.463 e. The van der Waals surface area contributed by atoms with Crippen molar-refractivity contribution in [3.63, 3.8) is 0 Å². The van der Waals surface area contributed by atoms with Crippen LogP contribution in [0, 0.1) is 11.8 Å². The zero-order valence-electron chi connectivity index (χ0n) is 19.2. The van der Waals surface area contributed by atoms with Crippen LogP contribution in [-0.4, -0.2) is 39.4 Å². The van der Waals surface area contributed by atoms with Gasteiger partial charge >= 0.3 is 0 Å². The monoisotopic (exact) mass is 425 g/mol. The summed E-state index contributed by atoms with van der Waals surface area (Å²) in [5.74, 6) is 1.61.